The highest BCUT2D eigenvalue weighted by Crippen LogP contribution is 2.26. The highest BCUT2D eigenvalue weighted by Gasteiger charge is 2.16. The number of amides is 1. The number of carbonyl (C=O) groups excluding carboxylic acids is 1. The van der Waals surface area contributed by atoms with E-state index in [2.05, 4.69) is 17.0 Å². The molecular weight excluding hydrogens is 259 g/mol. The molecular formula is C14H19FN4O. The summed E-state index contributed by atoms with van der Waals surface area (Å²) in [4.78, 5) is 15.6. The van der Waals surface area contributed by atoms with Crippen LogP contribution >= 0.6 is 0 Å². The Kier molecular flexibility index (Phi) is 5.25. The molecule has 1 aromatic carbocycles. The van der Waals surface area contributed by atoms with E-state index in [0.29, 0.717) is 12.1 Å². The third kappa shape index (κ3) is 3.14. The van der Waals surface area contributed by atoms with Crippen LogP contribution in [0.4, 0.5) is 10.1 Å². The predicted molar refractivity (Wildman–Crippen MR) is 79.5 cm³/mol. The van der Waals surface area contributed by atoms with E-state index in [1.54, 1.807) is 6.92 Å². The second-order valence-corrected chi connectivity index (χ2v) is 4.31. The lowest BCUT2D eigenvalue weighted by Crippen LogP contribution is -2.27. The van der Waals surface area contributed by atoms with Crippen LogP contribution in [0.5, 0.6) is 0 Å². The number of aliphatic imine (C=N–C) groups is 1. The van der Waals surface area contributed by atoms with Crippen molar-refractivity contribution >= 4 is 24.0 Å². The van der Waals surface area contributed by atoms with Crippen LogP contribution in [-0.4, -0.2) is 19.2 Å². The minimum atomic E-state index is -0.430. The van der Waals surface area contributed by atoms with Gasteiger partial charge in [-0.3, -0.25) is 9.79 Å². The summed E-state index contributed by atoms with van der Waals surface area (Å²) in [5.41, 5.74) is 12.7. The molecule has 0 aliphatic heterocycles. The lowest BCUT2D eigenvalue weighted by Gasteiger charge is -2.12. The van der Waals surface area contributed by atoms with Gasteiger partial charge in [0.05, 0.1) is 5.70 Å². The first-order valence-electron chi connectivity index (χ1n) is 6.23. The number of nitrogens with two attached hydrogens (primary N) is 2. The van der Waals surface area contributed by atoms with E-state index in [1.165, 1.54) is 12.1 Å². The molecule has 0 saturated heterocycles. The average molecular weight is 278 g/mol. The summed E-state index contributed by atoms with van der Waals surface area (Å²) in [6, 6.07) is 2.67. The van der Waals surface area contributed by atoms with Crippen molar-refractivity contribution in [1.82, 2.24) is 5.32 Å². The van der Waals surface area contributed by atoms with Crippen molar-refractivity contribution < 1.29 is 9.18 Å². The van der Waals surface area contributed by atoms with Crippen molar-refractivity contribution in [3.05, 3.63) is 34.8 Å². The molecule has 108 valence electrons. The number of nitrogen functional groups attached to an aromatic ring is 1. The Hall–Kier alpha value is -2.37. The van der Waals surface area contributed by atoms with Crippen LogP contribution < -0.4 is 16.8 Å². The van der Waals surface area contributed by atoms with E-state index in [4.69, 9.17) is 11.5 Å². The van der Waals surface area contributed by atoms with Gasteiger partial charge in [0.15, 0.2) is 5.70 Å². The molecule has 0 saturated carbocycles. The maximum absolute atomic E-state index is 13.4. The number of halogens is 1. The van der Waals surface area contributed by atoms with Gasteiger partial charge in [-0.25, -0.2) is 4.39 Å². The zero-order valence-corrected chi connectivity index (χ0v) is 11.7. The highest BCUT2D eigenvalue weighted by molar-refractivity contribution is 6.01. The van der Waals surface area contributed by atoms with Crippen LogP contribution in [-0.2, 0) is 4.79 Å². The van der Waals surface area contributed by atoms with Crippen molar-refractivity contribution in [2.45, 2.75) is 20.3 Å². The number of hydrogen-bond donors (Lipinski definition) is 3. The van der Waals surface area contributed by atoms with Gasteiger partial charge >= 0.3 is 0 Å². The topological polar surface area (TPSA) is 93.5 Å². The first kappa shape index (κ1) is 15.7. The first-order chi connectivity index (χ1) is 9.43. The minimum absolute atomic E-state index is 0.0174. The van der Waals surface area contributed by atoms with E-state index < -0.39 is 11.7 Å². The number of benzene rings is 1. The van der Waals surface area contributed by atoms with Crippen molar-refractivity contribution in [1.29, 1.82) is 0 Å². The minimum Gasteiger partial charge on any atom is -0.398 e. The predicted octanol–water partition coefficient (Wildman–Crippen LogP) is 1.57. The Labute approximate surface area is 117 Å². The number of hydrogen-bond acceptors (Lipinski definition) is 4. The zero-order chi connectivity index (χ0) is 15.3. The van der Waals surface area contributed by atoms with Crippen LogP contribution in [0.3, 0.4) is 0 Å². The summed E-state index contributed by atoms with van der Waals surface area (Å²) in [5, 5.41) is 2.65. The molecule has 0 aliphatic carbocycles. The molecule has 0 bridgehead atoms. The van der Waals surface area contributed by atoms with Crippen molar-refractivity contribution in [3.8, 4) is 0 Å². The van der Waals surface area contributed by atoms with Crippen LogP contribution in [0.15, 0.2) is 22.8 Å². The van der Waals surface area contributed by atoms with Gasteiger partial charge in [-0.05, 0) is 32.2 Å². The summed E-state index contributed by atoms with van der Waals surface area (Å²) < 4.78 is 13.4. The molecule has 0 aliphatic rings. The molecule has 20 heavy (non-hydrogen) atoms. The maximum atomic E-state index is 13.4. The first-order valence-corrected chi connectivity index (χ1v) is 6.23. The molecule has 1 amide bonds. The summed E-state index contributed by atoms with van der Waals surface area (Å²) in [7, 11) is 0. The van der Waals surface area contributed by atoms with Crippen molar-refractivity contribution in [2.75, 3.05) is 12.3 Å². The summed E-state index contributed by atoms with van der Waals surface area (Å²) in [5.74, 6) is -0.858. The largest absolute Gasteiger partial charge is 0.398 e. The number of carbonyl (C=O) groups is 1. The smallest absolute Gasteiger partial charge is 0.272 e. The third-order valence-electron chi connectivity index (χ3n) is 2.90. The van der Waals surface area contributed by atoms with Crippen LogP contribution in [0.2, 0.25) is 0 Å². The van der Waals surface area contributed by atoms with E-state index in [9.17, 15) is 9.18 Å². The Morgan fingerprint density at radius 3 is 2.70 bits per heavy atom. The molecule has 5 N–H and O–H groups in total. The molecule has 0 spiro atoms. The molecule has 6 heteroatoms. The Morgan fingerprint density at radius 1 is 1.50 bits per heavy atom. The fourth-order valence-electron chi connectivity index (χ4n) is 1.67. The molecule has 0 heterocycles. The Morgan fingerprint density at radius 2 is 2.15 bits per heavy atom. The molecule has 0 radical (unpaired) electrons. The van der Waals surface area contributed by atoms with Gasteiger partial charge in [0, 0.05) is 23.4 Å². The summed E-state index contributed by atoms with van der Waals surface area (Å²) >= 11 is 0. The van der Waals surface area contributed by atoms with Crippen LogP contribution in [0.1, 0.15) is 24.5 Å². The standard InChI is InChI=1S/C14H19FN4O/c1-4-7-19-14(20)13(18-3)12(17)9-5-6-10(15)8(2)11(9)16/h5-6H,3-4,7,16-17H2,1-2H3,(H,19,20)/b13-12+. The molecule has 5 nitrogen and oxygen atoms in total. The summed E-state index contributed by atoms with van der Waals surface area (Å²) in [6.07, 6.45) is 0.786. The average Bonchev–Trinajstić information content (AvgIpc) is 2.43. The van der Waals surface area contributed by atoms with E-state index in [0.717, 1.165) is 6.42 Å². The summed E-state index contributed by atoms with van der Waals surface area (Å²) in [6.45, 7) is 7.31. The van der Waals surface area contributed by atoms with Gasteiger partial charge in [0.2, 0.25) is 0 Å². The van der Waals surface area contributed by atoms with Gasteiger partial charge < -0.3 is 16.8 Å². The maximum Gasteiger partial charge on any atom is 0.272 e. The fourth-order valence-corrected chi connectivity index (χ4v) is 1.67. The van der Waals surface area contributed by atoms with Crippen LogP contribution in [0, 0.1) is 12.7 Å². The molecule has 1 rings (SSSR count). The SMILES string of the molecule is C=N/C(C(=O)NCCC)=C(/N)c1ccc(F)c(C)c1N. The van der Waals surface area contributed by atoms with E-state index >= 15 is 0 Å². The lowest BCUT2D eigenvalue weighted by molar-refractivity contribution is -0.117. The molecule has 0 unspecified atom stereocenters. The number of rotatable bonds is 5. The second kappa shape index (κ2) is 6.70. The Balaban J connectivity index is 3.27. The van der Waals surface area contributed by atoms with Crippen molar-refractivity contribution in [3.63, 3.8) is 0 Å². The van der Waals surface area contributed by atoms with Gasteiger partial charge in [0.1, 0.15) is 5.82 Å². The Bertz CT molecular complexity index is 567. The van der Waals surface area contributed by atoms with E-state index in [-0.39, 0.29) is 22.6 Å². The third-order valence-corrected chi connectivity index (χ3v) is 2.90. The highest BCUT2D eigenvalue weighted by atomic mass is 19.1. The van der Waals surface area contributed by atoms with Crippen molar-refractivity contribution in [2.24, 2.45) is 10.7 Å². The molecule has 0 aromatic heterocycles. The number of nitrogens with zero attached hydrogens (tertiary/aromatic N) is 1. The zero-order valence-electron chi connectivity index (χ0n) is 11.7. The molecule has 0 atom stereocenters. The van der Waals surface area contributed by atoms with Gasteiger partial charge in [0.25, 0.3) is 5.91 Å². The second-order valence-electron chi connectivity index (χ2n) is 4.31. The number of anilines is 1. The van der Waals surface area contributed by atoms with Crippen LogP contribution in [0.25, 0.3) is 5.70 Å². The lowest BCUT2D eigenvalue weighted by atomic mass is 10.0. The molecule has 1 aromatic rings. The monoisotopic (exact) mass is 278 g/mol. The number of nitrogens with one attached hydrogen (secondary N) is 1. The normalized spacial score (nSPS) is 11.8. The molecule has 0 fully saturated rings. The van der Waals surface area contributed by atoms with Gasteiger partial charge in [-0.1, -0.05) is 6.92 Å². The quantitative estimate of drug-likeness (QED) is 0.433. The van der Waals surface area contributed by atoms with Gasteiger partial charge in [-0.15, -0.1) is 0 Å². The van der Waals surface area contributed by atoms with E-state index in [1.807, 2.05) is 6.92 Å². The van der Waals surface area contributed by atoms with Gasteiger partial charge in [-0.2, -0.15) is 0 Å². The fraction of sp³-hybridized carbons (Fsp3) is 0.286.